The highest BCUT2D eigenvalue weighted by atomic mass is 35.5. The summed E-state index contributed by atoms with van der Waals surface area (Å²) in [6, 6.07) is 4.33. The zero-order chi connectivity index (χ0) is 14.5. The minimum absolute atomic E-state index is 0.0626. The summed E-state index contributed by atoms with van der Waals surface area (Å²) >= 11 is 5.88. The van der Waals surface area contributed by atoms with Crippen molar-refractivity contribution in [3.63, 3.8) is 0 Å². The molecule has 1 N–H and O–H groups in total. The third kappa shape index (κ3) is 3.31. The SMILES string of the molecule is CCCNCc1cn(-c2cc(Cl)ccc2[N+](=O)[O-])nn1. The Morgan fingerprint density at radius 3 is 3.00 bits per heavy atom. The van der Waals surface area contributed by atoms with E-state index in [0.717, 1.165) is 13.0 Å². The van der Waals surface area contributed by atoms with E-state index in [2.05, 4.69) is 22.6 Å². The van der Waals surface area contributed by atoms with Crippen molar-refractivity contribution in [2.24, 2.45) is 0 Å². The van der Waals surface area contributed by atoms with Crippen molar-refractivity contribution < 1.29 is 4.92 Å². The highest BCUT2D eigenvalue weighted by Gasteiger charge is 2.17. The molecule has 0 amide bonds. The summed E-state index contributed by atoms with van der Waals surface area (Å²) in [5.41, 5.74) is 0.955. The summed E-state index contributed by atoms with van der Waals surface area (Å²) in [6.07, 6.45) is 2.68. The molecule has 8 heteroatoms. The van der Waals surface area contributed by atoms with Gasteiger partial charge in [0.2, 0.25) is 0 Å². The van der Waals surface area contributed by atoms with Gasteiger partial charge in [0.15, 0.2) is 0 Å². The zero-order valence-corrected chi connectivity index (χ0v) is 11.7. The minimum Gasteiger partial charge on any atom is -0.311 e. The van der Waals surface area contributed by atoms with E-state index < -0.39 is 4.92 Å². The van der Waals surface area contributed by atoms with E-state index >= 15 is 0 Å². The molecule has 0 radical (unpaired) electrons. The largest absolute Gasteiger partial charge is 0.311 e. The van der Waals surface area contributed by atoms with Gasteiger partial charge < -0.3 is 5.32 Å². The van der Waals surface area contributed by atoms with Gasteiger partial charge in [-0.25, -0.2) is 4.68 Å². The Labute approximate surface area is 120 Å². The quantitative estimate of drug-likeness (QED) is 0.502. The van der Waals surface area contributed by atoms with Crippen LogP contribution in [-0.2, 0) is 6.54 Å². The lowest BCUT2D eigenvalue weighted by molar-refractivity contribution is -0.384. The highest BCUT2D eigenvalue weighted by Crippen LogP contribution is 2.25. The van der Waals surface area contributed by atoms with Crippen LogP contribution in [0.25, 0.3) is 5.69 Å². The van der Waals surface area contributed by atoms with Gasteiger partial charge in [0.25, 0.3) is 5.69 Å². The number of nitro groups is 1. The van der Waals surface area contributed by atoms with E-state index in [1.807, 2.05) is 0 Å². The van der Waals surface area contributed by atoms with Crippen molar-refractivity contribution in [1.82, 2.24) is 20.3 Å². The maximum Gasteiger partial charge on any atom is 0.295 e. The molecule has 0 fully saturated rings. The predicted octanol–water partition coefficient (Wildman–Crippen LogP) is 2.33. The fourth-order valence-corrected chi connectivity index (χ4v) is 1.89. The summed E-state index contributed by atoms with van der Waals surface area (Å²) in [4.78, 5) is 10.5. The first-order valence-corrected chi connectivity index (χ1v) is 6.56. The maximum absolute atomic E-state index is 11.0. The topological polar surface area (TPSA) is 85.9 Å². The fourth-order valence-electron chi connectivity index (χ4n) is 1.72. The molecule has 0 atom stereocenters. The van der Waals surface area contributed by atoms with E-state index in [-0.39, 0.29) is 5.69 Å². The molecular formula is C12H14ClN5O2. The summed E-state index contributed by atoms with van der Waals surface area (Å²) in [5.74, 6) is 0. The number of nitro benzene ring substituents is 1. The first kappa shape index (κ1) is 14.4. The van der Waals surface area contributed by atoms with E-state index in [1.54, 1.807) is 6.20 Å². The molecular weight excluding hydrogens is 282 g/mol. The van der Waals surface area contributed by atoms with Crippen LogP contribution in [-0.4, -0.2) is 26.5 Å². The van der Waals surface area contributed by atoms with Crippen molar-refractivity contribution in [2.75, 3.05) is 6.54 Å². The van der Waals surface area contributed by atoms with Crippen LogP contribution < -0.4 is 5.32 Å². The molecule has 0 saturated carbocycles. The lowest BCUT2D eigenvalue weighted by Gasteiger charge is -2.02. The van der Waals surface area contributed by atoms with Gasteiger partial charge in [-0.1, -0.05) is 23.7 Å². The van der Waals surface area contributed by atoms with Crippen molar-refractivity contribution in [3.05, 3.63) is 45.2 Å². The van der Waals surface area contributed by atoms with Gasteiger partial charge in [-0.05, 0) is 25.1 Å². The first-order chi connectivity index (χ1) is 9.61. The number of hydrogen-bond acceptors (Lipinski definition) is 5. The molecule has 1 aromatic carbocycles. The molecule has 0 aliphatic rings. The molecule has 7 nitrogen and oxygen atoms in total. The van der Waals surface area contributed by atoms with Crippen LogP contribution in [0, 0.1) is 10.1 Å². The summed E-state index contributed by atoms with van der Waals surface area (Å²) in [7, 11) is 0. The lowest BCUT2D eigenvalue weighted by Crippen LogP contribution is -2.13. The van der Waals surface area contributed by atoms with Gasteiger partial charge in [-0.3, -0.25) is 10.1 Å². The highest BCUT2D eigenvalue weighted by molar-refractivity contribution is 6.30. The molecule has 106 valence electrons. The third-order valence-corrected chi connectivity index (χ3v) is 2.89. The minimum atomic E-state index is -0.470. The van der Waals surface area contributed by atoms with Crippen LogP contribution in [0.15, 0.2) is 24.4 Å². The molecule has 1 heterocycles. The van der Waals surface area contributed by atoms with Gasteiger partial charge in [0.1, 0.15) is 5.69 Å². The summed E-state index contributed by atoms with van der Waals surface area (Å²) < 4.78 is 1.37. The molecule has 0 unspecified atom stereocenters. The molecule has 0 bridgehead atoms. The Bertz CT molecular complexity index is 614. The molecule has 0 saturated heterocycles. The average molecular weight is 296 g/mol. The van der Waals surface area contributed by atoms with E-state index in [0.29, 0.717) is 22.9 Å². The number of rotatable bonds is 6. The van der Waals surface area contributed by atoms with Crippen molar-refractivity contribution in [2.45, 2.75) is 19.9 Å². The number of hydrogen-bond donors (Lipinski definition) is 1. The lowest BCUT2D eigenvalue weighted by atomic mass is 10.2. The van der Waals surface area contributed by atoms with Crippen LogP contribution >= 0.6 is 11.6 Å². The van der Waals surface area contributed by atoms with Gasteiger partial charge >= 0.3 is 0 Å². The number of aromatic nitrogens is 3. The third-order valence-electron chi connectivity index (χ3n) is 2.65. The maximum atomic E-state index is 11.0. The molecule has 0 aliphatic heterocycles. The molecule has 0 aliphatic carbocycles. The number of nitrogens with zero attached hydrogens (tertiary/aromatic N) is 4. The van der Waals surface area contributed by atoms with Gasteiger partial charge in [0, 0.05) is 17.6 Å². The van der Waals surface area contributed by atoms with Crippen molar-refractivity contribution in [1.29, 1.82) is 0 Å². The molecule has 2 aromatic rings. The van der Waals surface area contributed by atoms with Crippen molar-refractivity contribution >= 4 is 17.3 Å². The molecule has 0 spiro atoms. The van der Waals surface area contributed by atoms with Gasteiger partial charge in [-0.15, -0.1) is 5.10 Å². The zero-order valence-electron chi connectivity index (χ0n) is 10.9. The summed E-state index contributed by atoms with van der Waals surface area (Å²) in [5, 5.41) is 22.5. The first-order valence-electron chi connectivity index (χ1n) is 6.18. The van der Waals surface area contributed by atoms with Crippen molar-refractivity contribution in [3.8, 4) is 5.69 Å². The molecule has 2 rings (SSSR count). The van der Waals surface area contributed by atoms with E-state index in [1.165, 1.54) is 22.9 Å². The van der Waals surface area contributed by atoms with E-state index in [4.69, 9.17) is 11.6 Å². The van der Waals surface area contributed by atoms with Crippen LogP contribution in [0.3, 0.4) is 0 Å². The Balaban J connectivity index is 2.27. The smallest absolute Gasteiger partial charge is 0.295 e. The Kier molecular flexibility index (Phi) is 4.65. The normalized spacial score (nSPS) is 10.7. The van der Waals surface area contributed by atoms with Crippen LogP contribution in [0.2, 0.25) is 5.02 Å². The molecule has 1 aromatic heterocycles. The molecule has 20 heavy (non-hydrogen) atoms. The monoisotopic (exact) mass is 295 g/mol. The Morgan fingerprint density at radius 1 is 1.50 bits per heavy atom. The number of benzene rings is 1. The van der Waals surface area contributed by atoms with Crippen LogP contribution in [0.5, 0.6) is 0 Å². The standard InChI is InChI=1S/C12H14ClN5O2/c1-2-5-14-7-10-8-17(16-15-10)12-6-9(13)3-4-11(12)18(19)20/h3-4,6,8,14H,2,5,7H2,1H3. The van der Waals surface area contributed by atoms with Gasteiger partial charge in [0.05, 0.1) is 16.8 Å². The Hall–Kier alpha value is -1.99. The van der Waals surface area contributed by atoms with Crippen LogP contribution in [0.1, 0.15) is 19.0 Å². The average Bonchev–Trinajstić information content (AvgIpc) is 2.87. The number of halogens is 1. The number of nitrogens with one attached hydrogen (secondary N) is 1. The fraction of sp³-hybridized carbons (Fsp3) is 0.333. The van der Waals surface area contributed by atoms with E-state index in [9.17, 15) is 10.1 Å². The summed E-state index contributed by atoms with van der Waals surface area (Å²) in [6.45, 7) is 3.52. The van der Waals surface area contributed by atoms with Gasteiger partial charge in [-0.2, -0.15) is 0 Å². The second kappa shape index (κ2) is 6.44. The second-order valence-electron chi connectivity index (χ2n) is 4.22. The predicted molar refractivity (Wildman–Crippen MR) is 75.0 cm³/mol. The second-order valence-corrected chi connectivity index (χ2v) is 4.66. The Morgan fingerprint density at radius 2 is 2.30 bits per heavy atom. The van der Waals surface area contributed by atoms with Crippen LogP contribution in [0.4, 0.5) is 5.69 Å².